The molecule has 2 aromatic carbocycles. The minimum absolute atomic E-state index is 0.0138. The van der Waals surface area contributed by atoms with Gasteiger partial charge in [-0.25, -0.2) is 18.4 Å². The number of piperidine rings is 1. The van der Waals surface area contributed by atoms with Crippen molar-refractivity contribution in [2.45, 2.75) is 38.0 Å². The van der Waals surface area contributed by atoms with Gasteiger partial charge < -0.3 is 5.11 Å². The molecule has 162 valence electrons. The van der Waals surface area contributed by atoms with Gasteiger partial charge >= 0.3 is 0 Å². The van der Waals surface area contributed by atoms with Crippen LogP contribution in [0.25, 0.3) is 6.08 Å². The number of benzene rings is 2. The lowest BCUT2D eigenvalue weighted by Crippen LogP contribution is -2.53. The summed E-state index contributed by atoms with van der Waals surface area (Å²) in [7, 11) is 0. The highest BCUT2D eigenvalue weighted by Crippen LogP contribution is 2.34. The second-order valence-electron chi connectivity index (χ2n) is 8.07. The Morgan fingerprint density at radius 1 is 1.13 bits per heavy atom. The molecule has 1 aliphatic heterocycles. The van der Waals surface area contributed by atoms with Crippen molar-refractivity contribution >= 4 is 6.08 Å². The standard InChI is InChI=1S/C24H26F2N4O/c1-18(29-11-9-20(10-12-29)13-19-5-3-2-4-6-19)24(31,15-30-17-27-16-28-30)22-8-7-21(25)14-23(22)26/h2-8,13-14,16-18,31H,9-12,15H2,1H3/t18-,24-/m0/s1. The smallest absolute Gasteiger partial charge is 0.137 e. The number of nitrogens with zero attached hydrogens (tertiary/aromatic N) is 4. The van der Waals surface area contributed by atoms with Crippen molar-refractivity contribution in [3.05, 3.63) is 89.5 Å². The number of aliphatic hydroxyl groups is 1. The average Bonchev–Trinajstić information content (AvgIpc) is 3.27. The van der Waals surface area contributed by atoms with Crippen LogP contribution in [0.1, 0.15) is 30.9 Å². The number of likely N-dealkylation sites (tertiary alicyclic amines) is 1. The summed E-state index contributed by atoms with van der Waals surface area (Å²) in [6, 6.07) is 13.1. The molecule has 7 heteroatoms. The molecule has 1 N–H and O–H groups in total. The van der Waals surface area contributed by atoms with Gasteiger partial charge in [-0.15, -0.1) is 0 Å². The number of aromatic nitrogens is 3. The van der Waals surface area contributed by atoms with Crippen LogP contribution in [0.5, 0.6) is 0 Å². The fourth-order valence-corrected chi connectivity index (χ4v) is 4.27. The minimum Gasteiger partial charge on any atom is -0.381 e. The molecule has 3 aromatic rings. The number of halogens is 2. The Hall–Kier alpha value is -2.90. The first-order chi connectivity index (χ1) is 15.0. The van der Waals surface area contributed by atoms with E-state index >= 15 is 0 Å². The molecule has 0 spiro atoms. The number of hydrogen-bond donors (Lipinski definition) is 1. The quantitative estimate of drug-likeness (QED) is 0.650. The maximum Gasteiger partial charge on any atom is 0.137 e. The summed E-state index contributed by atoms with van der Waals surface area (Å²) >= 11 is 0. The molecule has 0 unspecified atom stereocenters. The second-order valence-corrected chi connectivity index (χ2v) is 8.07. The zero-order chi connectivity index (χ0) is 21.8. The Labute approximate surface area is 180 Å². The van der Waals surface area contributed by atoms with Crippen LogP contribution in [0.2, 0.25) is 0 Å². The molecule has 1 saturated heterocycles. The molecule has 0 bridgehead atoms. The van der Waals surface area contributed by atoms with E-state index in [-0.39, 0.29) is 12.1 Å². The molecule has 1 aliphatic rings. The first kappa shape index (κ1) is 21.3. The Kier molecular flexibility index (Phi) is 6.25. The Balaban J connectivity index is 1.56. The molecule has 0 amide bonds. The first-order valence-corrected chi connectivity index (χ1v) is 10.4. The molecule has 31 heavy (non-hydrogen) atoms. The van der Waals surface area contributed by atoms with Crippen LogP contribution >= 0.6 is 0 Å². The van der Waals surface area contributed by atoms with E-state index in [9.17, 15) is 13.9 Å². The summed E-state index contributed by atoms with van der Waals surface area (Å²) in [4.78, 5) is 6.08. The highest BCUT2D eigenvalue weighted by Gasteiger charge is 2.42. The van der Waals surface area contributed by atoms with Gasteiger partial charge in [-0.3, -0.25) is 4.90 Å². The van der Waals surface area contributed by atoms with E-state index in [4.69, 9.17) is 0 Å². The lowest BCUT2D eigenvalue weighted by molar-refractivity contribution is -0.0656. The molecule has 4 rings (SSSR count). The summed E-state index contributed by atoms with van der Waals surface area (Å²) < 4.78 is 29.7. The highest BCUT2D eigenvalue weighted by molar-refractivity contribution is 5.52. The third-order valence-corrected chi connectivity index (χ3v) is 6.12. The van der Waals surface area contributed by atoms with E-state index in [1.165, 1.54) is 40.6 Å². The summed E-state index contributed by atoms with van der Waals surface area (Å²) in [6.45, 7) is 3.37. The van der Waals surface area contributed by atoms with Gasteiger partial charge in [-0.2, -0.15) is 5.10 Å². The molecule has 2 atom stereocenters. The lowest BCUT2D eigenvalue weighted by atomic mass is 9.84. The highest BCUT2D eigenvalue weighted by atomic mass is 19.1. The van der Waals surface area contributed by atoms with Gasteiger partial charge in [-0.1, -0.05) is 48.0 Å². The fraction of sp³-hybridized carbons (Fsp3) is 0.333. The first-order valence-electron chi connectivity index (χ1n) is 10.4. The molecule has 1 aromatic heterocycles. The van der Waals surface area contributed by atoms with E-state index < -0.39 is 23.3 Å². The topological polar surface area (TPSA) is 54.2 Å². The molecule has 5 nitrogen and oxygen atoms in total. The van der Waals surface area contributed by atoms with Crippen LogP contribution in [-0.4, -0.2) is 43.9 Å². The van der Waals surface area contributed by atoms with E-state index in [1.807, 2.05) is 25.1 Å². The van der Waals surface area contributed by atoms with E-state index in [2.05, 4.69) is 33.2 Å². The SMILES string of the molecule is C[C@H](N1CCC(=Cc2ccccc2)CC1)[C@@](O)(Cn1cncn1)c1ccc(F)cc1F. The minimum atomic E-state index is -1.61. The van der Waals surface area contributed by atoms with Crippen molar-refractivity contribution < 1.29 is 13.9 Å². The molecule has 0 radical (unpaired) electrons. The molecule has 2 heterocycles. The van der Waals surface area contributed by atoms with Crippen molar-refractivity contribution in [3.8, 4) is 0 Å². The van der Waals surface area contributed by atoms with Gasteiger partial charge in [0.15, 0.2) is 0 Å². The molecule has 0 aliphatic carbocycles. The lowest BCUT2D eigenvalue weighted by Gasteiger charge is -2.43. The van der Waals surface area contributed by atoms with Crippen LogP contribution in [0.4, 0.5) is 8.78 Å². The largest absolute Gasteiger partial charge is 0.381 e. The average molecular weight is 424 g/mol. The zero-order valence-electron chi connectivity index (χ0n) is 17.5. The maximum absolute atomic E-state index is 14.7. The summed E-state index contributed by atoms with van der Waals surface area (Å²) in [6.07, 6.45) is 6.79. The van der Waals surface area contributed by atoms with Crippen LogP contribution in [0.3, 0.4) is 0 Å². The maximum atomic E-state index is 14.7. The summed E-state index contributed by atoms with van der Waals surface area (Å²) in [5.41, 5.74) is 0.978. The van der Waals surface area contributed by atoms with Gasteiger partial charge in [0.1, 0.15) is 29.9 Å². The van der Waals surface area contributed by atoms with Crippen molar-refractivity contribution in [1.29, 1.82) is 0 Å². The van der Waals surface area contributed by atoms with Crippen LogP contribution < -0.4 is 0 Å². The van der Waals surface area contributed by atoms with Crippen molar-refractivity contribution in [1.82, 2.24) is 19.7 Å². The molecule has 1 fully saturated rings. The zero-order valence-corrected chi connectivity index (χ0v) is 17.5. The third-order valence-electron chi connectivity index (χ3n) is 6.12. The van der Waals surface area contributed by atoms with E-state index in [1.54, 1.807) is 0 Å². The Morgan fingerprint density at radius 2 is 1.87 bits per heavy atom. The molecular weight excluding hydrogens is 398 g/mol. The van der Waals surface area contributed by atoms with Crippen molar-refractivity contribution in [2.75, 3.05) is 13.1 Å². The monoisotopic (exact) mass is 424 g/mol. The van der Waals surface area contributed by atoms with Crippen molar-refractivity contribution in [2.24, 2.45) is 0 Å². The van der Waals surface area contributed by atoms with E-state index in [0.29, 0.717) is 0 Å². The number of rotatable bonds is 6. The van der Waals surface area contributed by atoms with Crippen LogP contribution in [-0.2, 0) is 12.1 Å². The van der Waals surface area contributed by atoms with Gasteiger partial charge in [-0.05, 0) is 31.4 Å². The Morgan fingerprint density at radius 3 is 2.52 bits per heavy atom. The Bertz CT molecular complexity index is 1030. The van der Waals surface area contributed by atoms with Gasteiger partial charge in [0, 0.05) is 30.8 Å². The molecular formula is C24H26F2N4O. The van der Waals surface area contributed by atoms with Gasteiger partial charge in [0.25, 0.3) is 0 Å². The summed E-state index contributed by atoms with van der Waals surface area (Å²) in [5, 5.41) is 15.8. The fourth-order valence-electron chi connectivity index (χ4n) is 4.27. The van der Waals surface area contributed by atoms with Crippen LogP contribution in [0, 0.1) is 11.6 Å². The van der Waals surface area contributed by atoms with Crippen LogP contribution in [0.15, 0.2) is 66.8 Å². The third kappa shape index (κ3) is 4.73. The normalized spacial score (nSPS) is 17.9. The van der Waals surface area contributed by atoms with Gasteiger partial charge in [0.2, 0.25) is 0 Å². The van der Waals surface area contributed by atoms with Gasteiger partial charge in [0.05, 0.1) is 6.54 Å². The molecule has 0 saturated carbocycles. The predicted octanol–water partition coefficient (Wildman–Crippen LogP) is 4.01. The summed E-state index contributed by atoms with van der Waals surface area (Å²) in [5.74, 6) is -1.44. The van der Waals surface area contributed by atoms with Crippen molar-refractivity contribution in [3.63, 3.8) is 0 Å². The van der Waals surface area contributed by atoms with E-state index in [0.717, 1.165) is 32.0 Å². The number of hydrogen-bond acceptors (Lipinski definition) is 4. The predicted molar refractivity (Wildman–Crippen MR) is 115 cm³/mol. The second kappa shape index (κ2) is 9.08.